The predicted molar refractivity (Wildman–Crippen MR) is 82.5 cm³/mol. The fourth-order valence-electron chi connectivity index (χ4n) is 1.70. The molecule has 0 atom stereocenters. The van der Waals surface area contributed by atoms with E-state index < -0.39 is 5.91 Å². The Kier molecular flexibility index (Phi) is 4.27. The minimum absolute atomic E-state index is 0.506. The van der Waals surface area contributed by atoms with Crippen LogP contribution in [0.4, 0.5) is 0 Å². The van der Waals surface area contributed by atoms with Crippen LogP contribution in [0, 0.1) is 6.92 Å². The summed E-state index contributed by atoms with van der Waals surface area (Å²) in [6.07, 6.45) is 2.81. The number of benzene rings is 1. The van der Waals surface area contributed by atoms with Gasteiger partial charge in [0.1, 0.15) is 11.5 Å². The number of nitrogens with two attached hydrogens (primary N) is 1. The number of primary amides is 1. The molecule has 1 aromatic carbocycles. The van der Waals surface area contributed by atoms with E-state index in [1.54, 1.807) is 12.1 Å². The van der Waals surface area contributed by atoms with Gasteiger partial charge in [-0.2, -0.15) is 0 Å². The Hall–Kier alpha value is -1.33. The number of rotatable bonds is 3. The summed E-state index contributed by atoms with van der Waals surface area (Å²) in [5.41, 5.74) is 7.14. The maximum Gasteiger partial charge on any atom is 0.241 e. The molecule has 0 bridgehead atoms. The van der Waals surface area contributed by atoms with Crippen molar-refractivity contribution in [3.63, 3.8) is 0 Å². The molecule has 0 spiro atoms. The molecule has 2 N–H and O–H groups in total. The quantitative estimate of drug-likeness (QED) is 0.803. The molecule has 2 rings (SSSR count). The van der Waals surface area contributed by atoms with Gasteiger partial charge in [-0.05, 0) is 58.8 Å². The summed E-state index contributed by atoms with van der Waals surface area (Å²) in [6.45, 7) is 2.01. The number of amides is 1. The van der Waals surface area contributed by atoms with Crippen molar-refractivity contribution < 1.29 is 9.21 Å². The van der Waals surface area contributed by atoms with Crippen molar-refractivity contribution in [2.24, 2.45) is 5.73 Å². The van der Waals surface area contributed by atoms with Crippen LogP contribution in [0.15, 0.2) is 43.7 Å². The fourth-order valence-corrected chi connectivity index (χ4v) is 2.69. The molecular weight excluding hydrogens is 374 g/mol. The SMILES string of the molecule is Cc1cc(Br)ccc1-c1oc(/C=C/C(N)=O)cc1Br. The van der Waals surface area contributed by atoms with Crippen molar-refractivity contribution in [2.45, 2.75) is 6.92 Å². The van der Waals surface area contributed by atoms with Gasteiger partial charge in [-0.25, -0.2) is 0 Å². The van der Waals surface area contributed by atoms with E-state index >= 15 is 0 Å². The number of furan rings is 1. The highest BCUT2D eigenvalue weighted by atomic mass is 79.9. The number of carbonyl (C=O) groups excluding carboxylic acids is 1. The van der Waals surface area contributed by atoms with Crippen LogP contribution in [0.3, 0.4) is 0 Å². The van der Waals surface area contributed by atoms with Crippen LogP contribution < -0.4 is 5.73 Å². The van der Waals surface area contributed by atoms with Gasteiger partial charge in [-0.3, -0.25) is 4.79 Å². The highest BCUT2D eigenvalue weighted by Crippen LogP contribution is 2.34. The Morgan fingerprint density at radius 1 is 1.32 bits per heavy atom. The predicted octanol–water partition coefficient (Wildman–Crippen LogP) is 4.28. The Morgan fingerprint density at radius 3 is 2.68 bits per heavy atom. The lowest BCUT2D eigenvalue weighted by atomic mass is 10.1. The first-order valence-corrected chi connectivity index (χ1v) is 7.09. The van der Waals surface area contributed by atoms with Gasteiger partial charge in [0.15, 0.2) is 0 Å². The van der Waals surface area contributed by atoms with Gasteiger partial charge < -0.3 is 10.2 Å². The van der Waals surface area contributed by atoms with Gasteiger partial charge in [-0.15, -0.1) is 0 Å². The average Bonchev–Trinajstić information content (AvgIpc) is 2.68. The lowest BCUT2D eigenvalue weighted by molar-refractivity contribution is -0.113. The van der Waals surface area contributed by atoms with Crippen LogP contribution in [0.5, 0.6) is 0 Å². The molecule has 0 aliphatic heterocycles. The van der Waals surface area contributed by atoms with Gasteiger partial charge in [0, 0.05) is 16.1 Å². The van der Waals surface area contributed by atoms with Crippen molar-refractivity contribution in [3.8, 4) is 11.3 Å². The summed E-state index contributed by atoms with van der Waals surface area (Å²) in [4.78, 5) is 10.7. The van der Waals surface area contributed by atoms with Crippen LogP contribution >= 0.6 is 31.9 Å². The number of hydrogen-bond acceptors (Lipinski definition) is 2. The van der Waals surface area contributed by atoms with Crippen LogP contribution in [0.25, 0.3) is 17.4 Å². The molecule has 1 amide bonds. The summed E-state index contributed by atoms with van der Waals surface area (Å²) in [7, 11) is 0. The largest absolute Gasteiger partial charge is 0.455 e. The Balaban J connectivity index is 2.43. The van der Waals surface area contributed by atoms with Crippen molar-refractivity contribution >= 4 is 43.8 Å². The molecule has 98 valence electrons. The summed E-state index contributed by atoms with van der Waals surface area (Å²) in [5, 5.41) is 0. The molecule has 0 aliphatic carbocycles. The maximum absolute atomic E-state index is 10.7. The zero-order chi connectivity index (χ0) is 14.0. The normalized spacial score (nSPS) is 11.1. The molecule has 2 aromatic rings. The second-order valence-electron chi connectivity index (χ2n) is 4.02. The van der Waals surface area contributed by atoms with Gasteiger partial charge in [0.05, 0.1) is 4.47 Å². The van der Waals surface area contributed by atoms with E-state index in [0.29, 0.717) is 5.76 Å². The van der Waals surface area contributed by atoms with E-state index in [0.717, 1.165) is 25.8 Å². The maximum atomic E-state index is 10.7. The van der Waals surface area contributed by atoms with E-state index in [2.05, 4.69) is 31.9 Å². The fraction of sp³-hybridized carbons (Fsp3) is 0.0714. The first kappa shape index (κ1) is 14.1. The lowest BCUT2D eigenvalue weighted by Gasteiger charge is -2.03. The topological polar surface area (TPSA) is 56.2 Å². The first-order chi connectivity index (χ1) is 8.97. The third-order valence-corrected chi connectivity index (χ3v) is 3.63. The minimum Gasteiger partial charge on any atom is -0.455 e. The standard InChI is InChI=1S/C14H11Br2NO2/c1-8-6-9(15)2-4-11(8)14-12(16)7-10(19-14)3-5-13(17)18/h2-7H,1H3,(H2,17,18)/b5-3+. The Bertz CT molecular complexity index is 659. The first-order valence-electron chi connectivity index (χ1n) is 5.51. The highest BCUT2D eigenvalue weighted by molar-refractivity contribution is 9.10. The number of carbonyl (C=O) groups is 1. The van der Waals surface area contributed by atoms with Crippen LogP contribution in [-0.2, 0) is 4.79 Å². The van der Waals surface area contributed by atoms with Gasteiger partial charge in [-0.1, -0.05) is 15.9 Å². The molecule has 1 heterocycles. The van der Waals surface area contributed by atoms with Crippen molar-refractivity contribution in [1.82, 2.24) is 0 Å². The van der Waals surface area contributed by atoms with Crippen LogP contribution in [-0.4, -0.2) is 5.91 Å². The van der Waals surface area contributed by atoms with Crippen LogP contribution in [0.2, 0.25) is 0 Å². The molecule has 5 heteroatoms. The minimum atomic E-state index is -0.506. The smallest absolute Gasteiger partial charge is 0.241 e. The molecule has 0 saturated carbocycles. The third kappa shape index (κ3) is 3.36. The molecule has 19 heavy (non-hydrogen) atoms. The summed E-state index contributed by atoms with van der Waals surface area (Å²) in [6, 6.07) is 7.75. The monoisotopic (exact) mass is 383 g/mol. The molecule has 0 saturated heterocycles. The number of aryl methyl sites for hydroxylation is 1. The van der Waals surface area contributed by atoms with Crippen molar-refractivity contribution in [1.29, 1.82) is 0 Å². The third-order valence-electron chi connectivity index (χ3n) is 2.55. The van der Waals surface area contributed by atoms with Crippen molar-refractivity contribution in [3.05, 3.63) is 50.6 Å². The average molecular weight is 385 g/mol. The molecule has 3 nitrogen and oxygen atoms in total. The lowest BCUT2D eigenvalue weighted by Crippen LogP contribution is -2.04. The van der Waals surface area contributed by atoms with E-state index in [1.165, 1.54) is 6.08 Å². The second-order valence-corrected chi connectivity index (χ2v) is 5.79. The molecule has 0 fully saturated rings. The highest BCUT2D eigenvalue weighted by Gasteiger charge is 2.12. The van der Waals surface area contributed by atoms with Gasteiger partial charge in [0.2, 0.25) is 5.91 Å². The van der Waals surface area contributed by atoms with E-state index in [9.17, 15) is 4.79 Å². The van der Waals surface area contributed by atoms with Gasteiger partial charge in [0.25, 0.3) is 0 Å². The summed E-state index contributed by atoms with van der Waals surface area (Å²) < 4.78 is 7.57. The Morgan fingerprint density at radius 2 is 2.05 bits per heavy atom. The number of halogens is 2. The summed E-state index contributed by atoms with van der Waals surface area (Å²) >= 11 is 6.89. The molecule has 0 radical (unpaired) electrons. The number of hydrogen-bond donors (Lipinski definition) is 1. The second kappa shape index (κ2) is 5.75. The van der Waals surface area contributed by atoms with E-state index in [-0.39, 0.29) is 0 Å². The zero-order valence-electron chi connectivity index (χ0n) is 10.1. The molecule has 1 aromatic heterocycles. The molecular formula is C14H11Br2NO2. The van der Waals surface area contributed by atoms with Crippen LogP contribution in [0.1, 0.15) is 11.3 Å². The Labute approximate surface area is 127 Å². The van der Waals surface area contributed by atoms with Crippen molar-refractivity contribution in [2.75, 3.05) is 0 Å². The molecule has 0 aliphatic rings. The van der Waals surface area contributed by atoms with E-state index in [1.807, 2.05) is 25.1 Å². The van der Waals surface area contributed by atoms with Gasteiger partial charge >= 0.3 is 0 Å². The zero-order valence-corrected chi connectivity index (χ0v) is 13.3. The summed E-state index contributed by atoms with van der Waals surface area (Å²) in [5.74, 6) is 0.797. The van der Waals surface area contributed by atoms with E-state index in [4.69, 9.17) is 10.2 Å². The molecule has 0 unspecified atom stereocenters.